The third kappa shape index (κ3) is 2.12. The predicted molar refractivity (Wildman–Crippen MR) is 75.6 cm³/mol. The molecule has 3 rings (SSSR count). The zero-order chi connectivity index (χ0) is 12.5. The van der Waals surface area contributed by atoms with Gasteiger partial charge in [0.25, 0.3) is 0 Å². The number of aromatic nitrogens is 3. The minimum absolute atomic E-state index is 0.482. The lowest BCUT2D eigenvalue weighted by molar-refractivity contribution is 1.10. The number of hydrogen-bond donors (Lipinski definition) is 1. The molecule has 4 nitrogen and oxygen atoms in total. The van der Waals surface area contributed by atoms with Gasteiger partial charge in [-0.25, -0.2) is 4.98 Å². The number of nitrogens with two attached hydrogens (primary N) is 1. The van der Waals surface area contributed by atoms with Gasteiger partial charge in [-0.15, -0.1) is 21.5 Å². The Morgan fingerprint density at radius 3 is 2.72 bits per heavy atom. The monoisotopic (exact) mass is 274 g/mol. The van der Waals surface area contributed by atoms with Crippen molar-refractivity contribution in [2.24, 2.45) is 0 Å². The summed E-state index contributed by atoms with van der Waals surface area (Å²) in [5.74, 6) is 0. The van der Waals surface area contributed by atoms with Crippen LogP contribution in [0.4, 0.5) is 5.13 Å². The highest BCUT2D eigenvalue weighted by molar-refractivity contribution is 7.24. The Balaban J connectivity index is 1.99. The highest BCUT2D eigenvalue weighted by Crippen LogP contribution is 2.34. The standard InChI is InChI=1S/C12H10N4S2/c1-7-3-2-4-8(5-7)10-14-6-9(17-10)11-15-16-12(13)18-11/h2-6H,1H3,(H2,13,16). The fraction of sp³-hybridized carbons (Fsp3) is 0.0833. The molecule has 0 unspecified atom stereocenters. The van der Waals surface area contributed by atoms with Crippen LogP contribution in [0.25, 0.3) is 20.5 Å². The highest BCUT2D eigenvalue weighted by Gasteiger charge is 2.10. The van der Waals surface area contributed by atoms with Gasteiger partial charge in [0.15, 0.2) is 5.01 Å². The van der Waals surface area contributed by atoms with Crippen LogP contribution >= 0.6 is 22.7 Å². The van der Waals surface area contributed by atoms with Crippen molar-refractivity contribution in [1.29, 1.82) is 0 Å². The van der Waals surface area contributed by atoms with Gasteiger partial charge in [-0.1, -0.05) is 35.1 Å². The van der Waals surface area contributed by atoms with Crippen LogP contribution < -0.4 is 5.73 Å². The van der Waals surface area contributed by atoms with Gasteiger partial charge in [0.1, 0.15) is 5.01 Å². The van der Waals surface area contributed by atoms with E-state index in [-0.39, 0.29) is 0 Å². The predicted octanol–water partition coefficient (Wildman–Crippen LogP) is 3.22. The van der Waals surface area contributed by atoms with E-state index in [1.165, 1.54) is 16.9 Å². The van der Waals surface area contributed by atoms with Crippen LogP contribution in [-0.2, 0) is 0 Å². The molecule has 0 amide bonds. The van der Waals surface area contributed by atoms with Crippen molar-refractivity contribution in [3.8, 4) is 20.5 Å². The van der Waals surface area contributed by atoms with Gasteiger partial charge in [0, 0.05) is 11.8 Å². The summed E-state index contributed by atoms with van der Waals surface area (Å²) in [5.41, 5.74) is 7.94. The van der Waals surface area contributed by atoms with Crippen LogP contribution in [0.5, 0.6) is 0 Å². The molecule has 90 valence electrons. The zero-order valence-corrected chi connectivity index (χ0v) is 11.3. The van der Waals surface area contributed by atoms with E-state index in [2.05, 4.69) is 40.3 Å². The molecule has 0 atom stereocenters. The number of anilines is 1. The summed E-state index contributed by atoms with van der Waals surface area (Å²) in [6, 6.07) is 8.29. The summed E-state index contributed by atoms with van der Waals surface area (Å²) in [6.45, 7) is 2.07. The summed E-state index contributed by atoms with van der Waals surface area (Å²) in [6.07, 6.45) is 1.82. The van der Waals surface area contributed by atoms with Gasteiger partial charge < -0.3 is 5.73 Å². The van der Waals surface area contributed by atoms with Crippen LogP contribution in [0.1, 0.15) is 5.56 Å². The number of thiazole rings is 1. The Morgan fingerprint density at radius 1 is 1.11 bits per heavy atom. The topological polar surface area (TPSA) is 64.7 Å². The Hall–Kier alpha value is -1.79. The van der Waals surface area contributed by atoms with Crippen molar-refractivity contribution in [3.05, 3.63) is 36.0 Å². The minimum Gasteiger partial charge on any atom is -0.374 e. The number of rotatable bonds is 2. The Kier molecular flexibility index (Phi) is 2.81. The maximum absolute atomic E-state index is 5.58. The van der Waals surface area contributed by atoms with Gasteiger partial charge in [0.05, 0.1) is 4.88 Å². The lowest BCUT2D eigenvalue weighted by Crippen LogP contribution is -1.79. The summed E-state index contributed by atoms with van der Waals surface area (Å²) in [5, 5.41) is 10.1. The molecule has 1 aromatic carbocycles. The van der Waals surface area contributed by atoms with Gasteiger partial charge in [-0.05, 0) is 13.0 Å². The maximum atomic E-state index is 5.58. The molecular weight excluding hydrogens is 264 g/mol. The van der Waals surface area contributed by atoms with E-state index < -0.39 is 0 Å². The molecule has 2 aromatic heterocycles. The van der Waals surface area contributed by atoms with E-state index in [0.29, 0.717) is 5.13 Å². The number of nitrogens with zero attached hydrogens (tertiary/aromatic N) is 3. The summed E-state index contributed by atoms with van der Waals surface area (Å²) in [4.78, 5) is 5.43. The quantitative estimate of drug-likeness (QED) is 0.779. The van der Waals surface area contributed by atoms with Crippen molar-refractivity contribution in [3.63, 3.8) is 0 Å². The lowest BCUT2D eigenvalue weighted by Gasteiger charge is -1.96. The minimum atomic E-state index is 0.482. The number of aryl methyl sites for hydroxylation is 1. The molecule has 0 aliphatic rings. The molecular formula is C12H10N4S2. The van der Waals surface area contributed by atoms with Crippen LogP contribution in [0.3, 0.4) is 0 Å². The molecule has 6 heteroatoms. The van der Waals surface area contributed by atoms with Crippen molar-refractivity contribution < 1.29 is 0 Å². The third-order valence-corrected chi connectivity index (χ3v) is 4.39. The summed E-state index contributed by atoms with van der Waals surface area (Å²) >= 11 is 2.98. The number of benzene rings is 1. The second-order valence-electron chi connectivity index (χ2n) is 3.84. The smallest absolute Gasteiger partial charge is 0.203 e. The van der Waals surface area contributed by atoms with Gasteiger partial charge in [0.2, 0.25) is 5.13 Å². The molecule has 0 saturated heterocycles. The molecule has 0 spiro atoms. The van der Waals surface area contributed by atoms with Crippen LogP contribution in [0.2, 0.25) is 0 Å². The van der Waals surface area contributed by atoms with Crippen molar-refractivity contribution in [1.82, 2.24) is 15.2 Å². The maximum Gasteiger partial charge on any atom is 0.203 e. The Bertz CT molecular complexity index is 687. The molecule has 0 aliphatic carbocycles. The normalized spacial score (nSPS) is 10.7. The number of nitrogen functional groups attached to an aromatic ring is 1. The molecule has 18 heavy (non-hydrogen) atoms. The van der Waals surface area contributed by atoms with Crippen molar-refractivity contribution >= 4 is 27.8 Å². The first-order chi connectivity index (χ1) is 8.72. The van der Waals surface area contributed by atoms with E-state index in [1.807, 2.05) is 12.3 Å². The summed E-state index contributed by atoms with van der Waals surface area (Å²) < 4.78 is 0. The average Bonchev–Trinajstić information content (AvgIpc) is 2.97. The average molecular weight is 274 g/mol. The second-order valence-corrected chi connectivity index (χ2v) is 5.88. The first kappa shape index (κ1) is 11.3. The van der Waals surface area contributed by atoms with Crippen LogP contribution in [-0.4, -0.2) is 15.2 Å². The molecule has 2 heterocycles. The van der Waals surface area contributed by atoms with E-state index in [1.54, 1.807) is 11.3 Å². The molecule has 3 aromatic rings. The first-order valence-corrected chi connectivity index (χ1v) is 6.98. The van der Waals surface area contributed by atoms with Crippen molar-refractivity contribution in [2.75, 3.05) is 5.73 Å². The van der Waals surface area contributed by atoms with Crippen molar-refractivity contribution in [2.45, 2.75) is 6.92 Å². The Labute approximate surface area is 112 Å². The third-order valence-electron chi connectivity index (χ3n) is 2.42. The molecule has 0 aliphatic heterocycles. The SMILES string of the molecule is Cc1cccc(-c2ncc(-c3nnc(N)s3)s2)c1. The summed E-state index contributed by atoms with van der Waals surface area (Å²) in [7, 11) is 0. The van der Waals surface area contributed by atoms with E-state index >= 15 is 0 Å². The van der Waals surface area contributed by atoms with E-state index in [0.717, 1.165) is 20.5 Å². The molecule has 2 N–H and O–H groups in total. The van der Waals surface area contributed by atoms with Crippen LogP contribution in [0.15, 0.2) is 30.5 Å². The molecule has 0 fully saturated rings. The van der Waals surface area contributed by atoms with Crippen LogP contribution in [0, 0.1) is 6.92 Å². The molecule has 0 bridgehead atoms. The van der Waals surface area contributed by atoms with E-state index in [9.17, 15) is 0 Å². The second kappa shape index (κ2) is 4.47. The van der Waals surface area contributed by atoms with E-state index in [4.69, 9.17) is 5.73 Å². The van der Waals surface area contributed by atoms with Gasteiger partial charge >= 0.3 is 0 Å². The fourth-order valence-corrected chi connectivity index (χ4v) is 3.18. The highest BCUT2D eigenvalue weighted by atomic mass is 32.1. The fourth-order valence-electron chi connectivity index (χ4n) is 1.62. The number of hydrogen-bond acceptors (Lipinski definition) is 6. The first-order valence-electron chi connectivity index (χ1n) is 5.34. The molecule has 0 saturated carbocycles. The van der Waals surface area contributed by atoms with Gasteiger partial charge in [-0.3, -0.25) is 0 Å². The largest absolute Gasteiger partial charge is 0.374 e. The zero-order valence-electron chi connectivity index (χ0n) is 9.62. The Morgan fingerprint density at radius 2 is 2.00 bits per heavy atom. The van der Waals surface area contributed by atoms with Gasteiger partial charge in [-0.2, -0.15) is 0 Å². The molecule has 0 radical (unpaired) electrons. The lowest BCUT2D eigenvalue weighted by atomic mass is 10.1.